The van der Waals surface area contributed by atoms with E-state index in [4.69, 9.17) is 4.74 Å². The van der Waals surface area contributed by atoms with E-state index in [1.807, 2.05) is 19.1 Å². The van der Waals surface area contributed by atoms with Gasteiger partial charge in [0.1, 0.15) is 6.04 Å². The van der Waals surface area contributed by atoms with Gasteiger partial charge in [-0.05, 0) is 68.1 Å². The summed E-state index contributed by atoms with van der Waals surface area (Å²) in [5.41, 5.74) is 1.19. The van der Waals surface area contributed by atoms with Gasteiger partial charge in [-0.15, -0.1) is 0 Å². The fourth-order valence-corrected chi connectivity index (χ4v) is 3.57. The molecule has 1 aliphatic heterocycles. The second-order valence-corrected chi connectivity index (χ2v) is 6.75. The number of fused-ring (bicyclic) bond motifs is 1. The number of rotatable bonds is 7. The minimum Gasteiger partial charge on any atom is -0.465 e. The highest BCUT2D eigenvalue weighted by molar-refractivity contribution is 5.86. The molecule has 4 nitrogen and oxygen atoms in total. The van der Waals surface area contributed by atoms with Gasteiger partial charge in [0.25, 0.3) is 0 Å². The fourth-order valence-electron chi connectivity index (χ4n) is 3.57. The zero-order valence-corrected chi connectivity index (χ0v) is 15.0. The van der Waals surface area contributed by atoms with Gasteiger partial charge in [-0.1, -0.05) is 42.5 Å². The molecule has 0 amide bonds. The molecule has 4 heteroatoms. The van der Waals surface area contributed by atoms with E-state index in [0.717, 1.165) is 32.5 Å². The van der Waals surface area contributed by atoms with Crippen molar-refractivity contribution in [2.75, 3.05) is 26.2 Å². The molecular weight excluding hydrogens is 312 g/mol. The van der Waals surface area contributed by atoms with Crippen LogP contribution >= 0.6 is 0 Å². The minimum atomic E-state index is -0.291. The van der Waals surface area contributed by atoms with Crippen LogP contribution in [0.2, 0.25) is 0 Å². The van der Waals surface area contributed by atoms with E-state index in [1.165, 1.54) is 16.3 Å². The maximum Gasteiger partial charge on any atom is 0.323 e. The summed E-state index contributed by atoms with van der Waals surface area (Å²) in [5, 5.41) is 9.29. The van der Waals surface area contributed by atoms with Gasteiger partial charge in [0, 0.05) is 0 Å². The second-order valence-electron chi connectivity index (χ2n) is 6.75. The summed E-state index contributed by atoms with van der Waals surface area (Å²) in [5.74, 6) is 0.482. The van der Waals surface area contributed by atoms with Crippen LogP contribution in [0.4, 0.5) is 0 Å². The van der Waals surface area contributed by atoms with Crippen molar-refractivity contribution in [3.05, 3.63) is 48.0 Å². The zero-order chi connectivity index (χ0) is 17.5. The average Bonchev–Trinajstić information content (AvgIpc) is 2.66. The van der Waals surface area contributed by atoms with Gasteiger partial charge in [-0.25, -0.2) is 0 Å². The van der Waals surface area contributed by atoms with E-state index >= 15 is 0 Å². The van der Waals surface area contributed by atoms with Gasteiger partial charge < -0.3 is 15.4 Å². The third-order valence-corrected chi connectivity index (χ3v) is 4.99. The van der Waals surface area contributed by atoms with Crippen molar-refractivity contribution >= 4 is 16.7 Å². The van der Waals surface area contributed by atoms with Crippen LogP contribution in [0, 0.1) is 5.92 Å². The Hall–Kier alpha value is -1.91. The van der Waals surface area contributed by atoms with Gasteiger partial charge in [0.05, 0.1) is 6.61 Å². The molecule has 0 aromatic heterocycles. The number of ether oxygens (including phenoxy) is 1. The van der Waals surface area contributed by atoms with Crippen molar-refractivity contribution in [3.8, 4) is 0 Å². The van der Waals surface area contributed by atoms with E-state index in [2.05, 4.69) is 41.0 Å². The van der Waals surface area contributed by atoms with Crippen LogP contribution in [0.3, 0.4) is 0 Å². The highest BCUT2D eigenvalue weighted by Gasteiger charge is 2.23. The first-order valence-corrected chi connectivity index (χ1v) is 9.35. The largest absolute Gasteiger partial charge is 0.465 e. The number of benzene rings is 2. The average molecular weight is 340 g/mol. The minimum absolute atomic E-state index is 0.149. The predicted octanol–water partition coefficient (Wildman–Crippen LogP) is 2.90. The van der Waals surface area contributed by atoms with Crippen LogP contribution in [0.25, 0.3) is 10.8 Å². The van der Waals surface area contributed by atoms with Crippen molar-refractivity contribution in [3.63, 3.8) is 0 Å². The molecule has 0 spiro atoms. The van der Waals surface area contributed by atoms with E-state index in [0.29, 0.717) is 18.9 Å². The SMILES string of the molecule is CCOC(=O)C(Cc1cccc2ccccc12)NCC1CCNCC1. The Balaban J connectivity index is 1.73. The van der Waals surface area contributed by atoms with Crippen molar-refractivity contribution in [2.24, 2.45) is 5.92 Å². The first-order valence-electron chi connectivity index (χ1n) is 9.35. The lowest BCUT2D eigenvalue weighted by Gasteiger charge is -2.25. The molecule has 1 saturated heterocycles. The monoisotopic (exact) mass is 340 g/mol. The molecule has 134 valence electrons. The standard InChI is InChI=1S/C21H28N2O2/c1-2-25-21(24)20(23-15-16-10-12-22-13-11-16)14-18-8-5-7-17-6-3-4-9-19(17)18/h3-9,16,20,22-23H,2,10-15H2,1H3. The van der Waals surface area contributed by atoms with Gasteiger partial charge in [0.15, 0.2) is 0 Å². The number of nitrogens with one attached hydrogen (secondary N) is 2. The fraction of sp³-hybridized carbons (Fsp3) is 0.476. The molecule has 0 saturated carbocycles. The molecule has 25 heavy (non-hydrogen) atoms. The number of esters is 1. The molecule has 0 aliphatic carbocycles. The Kier molecular flexibility index (Phi) is 6.42. The highest BCUT2D eigenvalue weighted by atomic mass is 16.5. The van der Waals surface area contributed by atoms with Crippen LogP contribution in [0.1, 0.15) is 25.3 Å². The van der Waals surface area contributed by atoms with Crippen LogP contribution in [-0.2, 0) is 16.0 Å². The molecule has 1 heterocycles. The van der Waals surface area contributed by atoms with Crippen LogP contribution in [-0.4, -0.2) is 38.3 Å². The maximum absolute atomic E-state index is 12.5. The molecule has 3 rings (SSSR count). The molecule has 1 fully saturated rings. The summed E-state index contributed by atoms with van der Waals surface area (Å²) < 4.78 is 5.31. The summed E-state index contributed by atoms with van der Waals surface area (Å²) in [6.07, 6.45) is 2.98. The zero-order valence-electron chi connectivity index (χ0n) is 15.0. The molecule has 1 aliphatic rings. The van der Waals surface area contributed by atoms with E-state index in [9.17, 15) is 4.79 Å². The lowest BCUT2D eigenvalue weighted by molar-refractivity contribution is -0.145. The number of hydrogen-bond donors (Lipinski definition) is 2. The molecule has 0 radical (unpaired) electrons. The Morgan fingerprint density at radius 2 is 1.96 bits per heavy atom. The highest BCUT2D eigenvalue weighted by Crippen LogP contribution is 2.20. The van der Waals surface area contributed by atoms with Crippen molar-refractivity contribution in [2.45, 2.75) is 32.2 Å². The second kappa shape index (κ2) is 8.97. The predicted molar refractivity (Wildman–Crippen MR) is 102 cm³/mol. The maximum atomic E-state index is 12.5. The van der Waals surface area contributed by atoms with Gasteiger partial charge in [-0.2, -0.15) is 0 Å². The molecule has 0 bridgehead atoms. The molecule has 1 unspecified atom stereocenters. The van der Waals surface area contributed by atoms with Gasteiger partial charge >= 0.3 is 5.97 Å². The molecule has 2 aromatic rings. The summed E-state index contributed by atoms with van der Waals surface area (Å²) in [6.45, 7) is 5.29. The topological polar surface area (TPSA) is 50.4 Å². The smallest absolute Gasteiger partial charge is 0.323 e. The number of piperidine rings is 1. The summed E-state index contributed by atoms with van der Waals surface area (Å²) >= 11 is 0. The van der Waals surface area contributed by atoms with Crippen molar-refractivity contribution in [1.29, 1.82) is 0 Å². The summed E-state index contributed by atoms with van der Waals surface area (Å²) in [7, 11) is 0. The lowest BCUT2D eigenvalue weighted by atomic mass is 9.96. The summed E-state index contributed by atoms with van der Waals surface area (Å²) in [4.78, 5) is 12.5. The van der Waals surface area contributed by atoms with E-state index in [1.54, 1.807) is 0 Å². The van der Waals surface area contributed by atoms with Crippen LogP contribution in [0.5, 0.6) is 0 Å². The molecular formula is C21H28N2O2. The van der Waals surface area contributed by atoms with Crippen molar-refractivity contribution in [1.82, 2.24) is 10.6 Å². The normalized spacial score (nSPS) is 16.7. The third-order valence-electron chi connectivity index (χ3n) is 4.99. The van der Waals surface area contributed by atoms with Crippen molar-refractivity contribution < 1.29 is 9.53 Å². The third kappa shape index (κ3) is 4.80. The lowest BCUT2D eigenvalue weighted by Crippen LogP contribution is -2.44. The Labute approximate surface area is 149 Å². The first-order chi connectivity index (χ1) is 12.3. The first kappa shape index (κ1) is 17.9. The van der Waals surface area contributed by atoms with Gasteiger partial charge in [0.2, 0.25) is 0 Å². The molecule has 2 aromatic carbocycles. The van der Waals surface area contributed by atoms with E-state index in [-0.39, 0.29) is 12.0 Å². The van der Waals surface area contributed by atoms with Crippen LogP contribution in [0.15, 0.2) is 42.5 Å². The quantitative estimate of drug-likeness (QED) is 0.761. The number of carbonyl (C=O) groups is 1. The molecule has 2 N–H and O–H groups in total. The number of hydrogen-bond acceptors (Lipinski definition) is 4. The van der Waals surface area contributed by atoms with Crippen LogP contribution < -0.4 is 10.6 Å². The summed E-state index contributed by atoms with van der Waals surface area (Å²) in [6, 6.07) is 14.3. The Morgan fingerprint density at radius 3 is 2.76 bits per heavy atom. The Morgan fingerprint density at radius 1 is 1.20 bits per heavy atom. The Bertz CT molecular complexity index is 690. The van der Waals surface area contributed by atoms with E-state index < -0.39 is 0 Å². The van der Waals surface area contributed by atoms with Gasteiger partial charge in [-0.3, -0.25) is 4.79 Å². The molecule has 1 atom stereocenters. The number of carbonyl (C=O) groups excluding carboxylic acids is 1.